The highest BCUT2D eigenvalue weighted by atomic mass is 32.1. The van der Waals surface area contributed by atoms with Gasteiger partial charge in [0.15, 0.2) is 5.13 Å². The van der Waals surface area contributed by atoms with Crippen LogP contribution in [0.15, 0.2) is 48.7 Å². The van der Waals surface area contributed by atoms with Crippen LogP contribution in [0.5, 0.6) is 0 Å². The van der Waals surface area contributed by atoms with Crippen molar-refractivity contribution in [1.82, 2.24) is 14.9 Å². The van der Waals surface area contributed by atoms with Crippen molar-refractivity contribution in [3.8, 4) is 0 Å². The number of aromatic nitrogens is 2. The molecule has 0 bridgehead atoms. The largest absolute Gasteiger partial charge is 0.360 e. The number of nitrogens with one attached hydrogen (secondary N) is 1. The molecule has 5 nitrogen and oxygen atoms in total. The molecular weight excluding hydrogens is 363 g/mol. The zero-order chi connectivity index (χ0) is 18.4. The van der Waals surface area contributed by atoms with E-state index in [0.717, 1.165) is 20.7 Å². The molecule has 7 heteroatoms. The number of nitrogens with zero attached hydrogens (tertiary/aromatic N) is 3. The topological polar surface area (TPSA) is 52.2 Å². The van der Waals surface area contributed by atoms with Crippen molar-refractivity contribution >= 4 is 43.5 Å². The lowest BCUT2D eigenvalue weighted by Crippen LogP contribution is -2.48. The monoisotopic (exact) mass is 380 g/mol. The Bertz CT molecular complexity index is 1140. The third-order valence-electron chi connectivity index (χ3n) is 5.02. The second kappa shape index (κ2) is 6.35. The smallest absolute Gasteiger partial charge is 0.256 e. The molecule has 2 aromatic carbocycles. The number of para-hydroxylation sites is 2. The van der Waals surface area contributed by atoms with Gasteiger partial charge < -0.3 is 14.8 Å². The van der Waals surface area contributed by atoms with Crippen LogP contribution < -0.4 is 4.90 Å². The molecule has 0 radical (unpaired) electrons. The predicted molar refractivity (Wildman–Crippen MR) is 106 cm³/mol. The number of thiazole rings is 1. The predicted octanol–water partition coefficient (Wildman–Crippen LogP) is 3.88. The molecule has 27 heavy (non-hydrogen) atoms. The molecule has 1 N–H and O–H groups in total. The normalized spacial score (nSPS) is 15.0. The number of aromatic amines is 1. The van der Waals surface area contributed by atoms with Crippen LogP contribution in [0.4, 0.5) is 9.52 Å². The van der Waals surface area contributed by atoms with Gasteiger partial charge in [0.05, 0.1) is 10.3 Å². The first-order chi connectivity index (χ1) is 13.2. The van der Waals surface area contributed by atoms with Crippen molar-refractivity contribution in [3.63, 3.8) is 0 Å². The van der Waals surface area contributed by atoms with E-state index in [2.05, 4.69) is 14.9 Å². The average molecular weight is 380 g/mol. The Morgan fingerprint density at radius 1 is 1.07 bits per heavy atom. The molecule has 0 spiro atoms. The SMILES string of the molecule is O=C(c1c[nH]c2ccccc12)N1CCN(c2nc3c(F)cccc3s2)CC1. The molecule has 5 rings (SSSR count). The highest BCUT2D eigenvalue weighted by Crippen LogP contribution is 2.31. The lowest BCUT2D eigenvalue weighted by atomic mass is 10.1. The van der Waals surface area contributed by atoms with Crippen LogP contribution in [0, 0.1) is 5.82 Å². The molecular formula is C20H17FN4OS. The number of anilines is 1. The molecule has 1 saturated heterocycles. The molecule has 1 aliphatic heterocycles. The van der Waals surface area contributed by atoms with Crippen molar-refractivity contribution < 1.29 is 9.18 Å². The highest BCUT2D eigenvalue weighted by Gasteiger charge is 2.25. The van der Waals surface area contributed by atoms with Gasteiger partial charge in [-0.05, 0) is 18.2 Å². The summed E-state index contributed by atoms with van der Waals surface area (Å²) >= 11 is 1.49. The van der Waals surface area contributed by atoms with Crippen LogP contribution in [0.1, 0.15) is 10.4 Å². The number of carbonyl (C=O) groups excluding carboxylic acids is 1. The molecule has 2 aromatic heterocycles. The number of fused-ring (bicyclic) bond motifs is 2. The Kier molecular flexibility index (Phi) is 3.82. The van der Waals surface area contributed by atoms with Gasteiger partial charge in [-0.15, -0.1) is 0 Å². The first-order valence-corrected chi connectivity index (χ1v) is 9.68. The molecule has 1 fully saturated rings. The highest BCUT2D eigenvalue weighted by molar-refractivity contribution is 7.22. The fraction of sp³-hybridized carbons (Fsp3) is 0.200. The van der Waals surface area contributed by atoms with E-state index >= 15 is 0 Å². The van der Waals surface area contributed by atoms with E-state index in [1.165, 1.54) is 17.4 Å². The van der Waals surface area contributed by atoms with Crippen molar-refractivity contribution in [2.45, 2.75) is 0 Å². The molecule has 0 saturated carbocycles. The Hall–Kier alpha value is -2.93. The summed E-state index contributed by atoms with van der Waals surface area (Å²) in [4.78, 5) is 24.6. The minimum absolute atomic E-state index is 0.0439. The van der Waals surface area contributed by atoms with Crippen LogP contribution in [0.2, 0.25) is 0 Å². The van der Waals surface area contributed by atoms with E-state index in [-0.39, 0.29) is 11.7 Å². The van der Waals surface area contributed by atoms with Crippen LogP contribution in [0.25, 0.3) is 21.1 Å². The first kappa shape index (κ1) is 16.3. The molecule has 4 aromatic rings. The Labute approximate surface area is 159 Å². The number of halogens is 1. The summed E-state index contributed by atoms with van der Waals surface area (Å²) in [5.41, 5.74) is 2.10. The zero-order valence-electron chi connectivity index (χ0n) is 14.5. The molecule has 1 amide bonds. The lowest BCUT2D eigenvalue weighted by Gasteiger charge is -2.34. The van der Waals surface area contributed by atoms with Crippen LogP contribution in [0.3, 0.4) is 0 Å². The molecule has 0 atom stereocenters. The second-order valence-electron chi connectivity index (χ2n) is 6.61. The molecule has 0 unspecified atom stereocenters. The fourth-order valence-corrected chi connectivity index (χ4v) is 4.59. The van der Waals surface area contributed by atoms with E-state index in [9.17, 15) is 9.18 Å². The molecule has 136 valence electrons. The maximum atomic E-state index is 13.9. The third-order valence-corrected chi connectivity index (χ3v) is 6.10. The van der Waals surface area contributed by atoms with Crippen LogP contribution >= 0.6 is 11.3 Å². The van der Waals surface area contributed by atoms with Gasteiger partial charge in [0.25, 0.3) is 5.91 Å². The second-order valence-corrected chi connectivity index (χ2v) is 7.62. The third kappa shape index (κ3) is 2.75. The maximum Gasteiger partial charge on any atom is 0.256 e. The molecule has 1 aliphatic rings. The van der Waals surface area contributed by atoms with E-state index in [1.807, 2.05) is 35.2 Å². The number of H-pyrrole nitrogens is 1. The summed E-state index contributed by atoms with van der Waals surface area (Å²) in [6.07, 6.45) is 1.79. The molecule has 3 heterocycles. The van der Waals surface area contributed by atoms with Crippen LogP contribution in [-0.2, 0) is 0 Å². The summed E-state index contributed by atoms with van der Waals surface area (Å²) < 4.78 is 14.7. The van der Waals surface area contributed by atoms with Gasteiger partial charge in [0.1, 0.15) is 11.3 Å². The van der Waals surface area contributed by atoms with Gasteiger partial charge in [-0.3, -0.25) is 4.79 Å². The summed E-state index contributed by atoms with van der Waals surface area (Å²) in [5.74, 6) is -0.245. The number of hydrogen-bond donors (Lipinski definition) is 1. The summed E-state index contributed by atoms with van der Waals surface area (Å²) in [6, 6.07) is 12.8. The Morgan fingerprint density at radius 2 is 1.89 bits per heavy atom. The minimum Gasteiger partial charge on any atom is -0.360 e. The van der Waals surface area contributed by atoms with Crippen LogP contribution in [-0.4, -0.2) is 47.0 Å². The number of rotatable bonds is 2. The van der Waals surface area contributed by atoms with Crippen molar-refractivity contribution in [2.75, 3.05) is 31.1 Å². The first-order valence-electron chi connectivity index (χ1n) is 8.86. The summed E-state index contributed by atoms with van der Waals surface area (Å²) in [5, 5.41) is 1.76. The van der Waals surface area contributed by atoms with Gasteiger partial charge in [0, 0.05) is 43.3 Å². The van der Waals surface area contributed by atoms with Gasteiger partial charge in [-0.25, -0.2) is 9.37 Å². The van der Waals surface area contributed by atoms with Crippen molar-refractivity contribution in [1.29, 1.82) is 0 Å². The Balaban J connectivity index is 1.33. The zero-order valence-corrected chi connectivity index (χ0v) is 15.3. The molecule has 0 aliphatic carbocycles. The van der Waals surface area contributed by atoms with E-state index in [1.54, 1.807) is 12.3 Å². The number of piperazine rings is 1. The van der Waals surface area contributed by atoms with E-state index in [4.69, 9.17) is 0 Å². The number of hydrogen-bond acceptors (Lipinski definition) is 4. The standard InChI is InChI=1S/C20H17FN4OS/c21-15-5-3-7-17-18(15)23-20(27-17)25-10-8-24(9-11-25)19(26)14-12-22-16-6-2-1-4-13(14)16/h1-7,12,22H,8-11H2. The van der Waals surface area contributed by atoms with Crippen molar-refractivity contribution in [3.05, 3.63) is 60.0 Å². The minimum atomic E-state index is -0.289. The van der Waals surface area contributed by atoms with E-state index in [0.29, 0.717) is 37.3 Å². The van der Waals surface area contributed by atoms with Gasteiger partial charge in [0.2, 0.25) is 0 Å². The Morgan fingerprint density at radius 3 is 2.70 bits per heavy atom. The van der Waals surface area contributed by atoms with Gasteiger partial charge in [-0.2, -0.15) is 0 Å². The number of benzene rings is 2. The van der Waals surface area contributed by atoms with E-state index < -0.39 is 0 Å². The quantitative estimate of drug-likeness (QED) is 0.574. The van der Waals surface area contributed by atoms with Crippen molar-refractivity contribution in [2.24, 2.45) is 0 Å². The van der Waals surface area contributed by atoms with Gasteiger partial charge in [-0.1, -0.05) is 35.6 Å². The summed E-state index contributed by atoms with van der Waals surface area (Å²) in [6.45, 7) is 2.62. The lowest BCUT2D eigenvalue weighted by molar-refractivity contribution is 0.0749. The fourth-order valence-electron chi connectivity index (χ4n) is 3.56. The number of amides is 1. The number of carbonyl (C=O) groups is 1. The maximum absolute atomic E-state index is 13.9. The van der Waals surface area contributed by atoms with Gasteiger partial charge >= 0.3 is 0 Å². The average Bonchev–Trinajstić information content (AvgIpc) is 3.33. The summed E-state index contributed by atoms with van der Waals surface area (Å²) in [7, 11) is 0.